The van der Waals surface area contributed by atoms with Crippen LogP contribution in [0.3, 0.4) is 0 Å². The van der Waals surface area contributed by atoms with Crippen LogP contribution in [0.25, 0.3) is 0 Å². The average Bonchev–Trinajstić information content (AvgIpc) is 2.80. The van der Waals surface area contributed by atoms with Crippen LogP contribution < -0.4 is 16.4 Å². The zero-order valence-electron chi connectivity index (χ0n) is 10.8. The van der Waals surface area contributed by atoms with Gasteiger partial charge in [0.1, 0.15) is 10.7 Å². The Kier molecular flexibility index (Phi) is 4.37. The van der Waals surface area contributed by atoms with E-state index in [0.29, 0.717) is 25.7 Å². The molecule has 8 heteroatoms. The third-order valence-corrected chi connectivity index (χ3v) is 4.49. The van der Waals surface area contributed by atoms with Crippen LogP contribution in [-0.4, -0.2) is 17.9 Å². The van der Waals surface area contributed by atoms with E-state index in [2.05, 4.69) is 15.6 Å². The van der Waals surface area contributed by atoms with Gasteiger partial charge in [-0.1, -0.05) is 40.6 Å². The highest BCUT2D eigenvalue weighted by atomic mass is 35.5. The molecule has 0 aliphatic rings. The first-order valence-electron chi connectivity index (χ1n) is 5.64. The number of nitrogen functional groups attached to an aromatic ring is 1. The lowest BCUT2D eigenvalue weighted by molar-refractivity contribution is 0.103. The molecule has 0 atom stereocenters. The topological polar surface area (TPSA) is 80.0 Å². The minimum absolute atomic E-state index is 0.164. The van der Waals surface area contributed by atoms with E-state index in [1.54, 1.807) is 19.2 Å². The predicted molar refractivity (Wildman–Crippen MR) is 85.2 cm³/mol. The number of benzene rings is 1. The Bertz CT molecular complexity index is 672. The standard InChI is InChI=1S/C12H12Cl2N4OS/c1-5-3-4-6(13)8(7(5)14)17-11(19)9-10(15)18-12(16-2)20-9/h3-4H,15H2,1-2H3,(H,16,18)(H,17,19). The molecule has 0 fully saturated rings. The van der Waals surface area contributed by atoms with Crippen LogP contribution in [0.1, 0.15) is 15.2 Å². The van der Waals surface area contributed by atoms with Gasteiger partial charge in [0.05, 0.1) is 15.7 Å². The number of aromatic nitrogens is 1. The number of nitrogens with zero attached hydrogens (tertiary/aromatic N) is 1. The molecule has 0 bridgehead atoms. The number of nitrogens with two attached hydrogens (primary N) is 1. The number of thiazole rings is 1. The first-order valence-corrected chi connectivity index (χ1v) is 7.21. The number of rotatable bonds is 3. The Morgan fingerprint density at radius 3 is 2.70 bits per heavy atom. The van der Waals surface area contributed by atoms with E-state index in [9.17, 15) is 4.79 Å². The molecule has 0 aliphatic heterocycles. The molecule has 106 valence electrons. The van der Waals surface area contributed by atoms with E-state index in [1.807, 2.05) is 6.92 Å². The number of aryl methyl sites for hydroxylation is 1. The van der Waals surface area contributed by atoms with E-state index in [-0.39, 0.29) is 5.82 Å². The van der Waals surface area contributed by atoms with Crippen molar-refractivity contribution in [3.8, 4) is 0 Å². The van der Waals surface area contributed by atoms with Gasteiger partial charge in [0.2, 0.25) is 0 Å². The van der Waals surface area contributed by atoms with Crippen molar-refractivity contribution >= 4 is 57.1 Å². The highest BCUT2D eigenvalue weighted by molar-refractivity contribution is 7.18. The van der Waals surface area contributed by atoms with Gasteiger partial charge in [-0.3, -0.25) is 4.79 Å². The molecule has 0 radical (unpaired) electrons. The van der Waals surface area contributed by atoms with Gasteiger partial charge in [0.25, 0.3) is 5.91 Å². The number of anilines is 3. The number of amides is 1. The Labute approximate surface area is 130 Å². The summed E-state index contributed by atoms with van der Waals surface area (Å²) in [5.41, 5.74) is 6.90. The Morgan fingerprint density at radius 1 is 1.40 bits per heavy atom. The molecule has 1 heterocycles. The minimum Gasteiger partial charge on any atom is -0.382 e. The maximum atomic E-state index is 12.2. The van der Waals surface area contributed by atoms with Gasteiger partial charge in [-0.2, -0.15) is 0 Å². The Hall–Kier alpha value is -1.50. The summed E-state index contributed by atoms with van der Waals surface area (Å²) in [6.45, 7) is 1.83. The maximum Gasteiger partial charge on any atom is 0.269 e. The third-order valence-electron chi connectivity index (χ3n) is 2.60. The molecule has 1 amide bonds. The number of carbonyl (C=O) groups is 1. The molecule has 20 heavy (non-hydrogen) atoms. The lowest BCUT2D eigenvalue weighted by atomic mass is 10.2. The minimum atomic E-state index is -0.393. The van der Waals surface area contributed by atoms with Crippen molar-refractivity contribution in [2.45, 2.75) is 6.92 Å². The predicted octanol–water partition coefficient (Wildman–Crippen LogP) is 3.63. The van der Waals surface area contributed by atoms with Gasteiger partial charge < -0.3 is 16.4 Å². The van der Waals surface area contributed by atoms with Crippen LogP contribution in [0.2, 0.25) is 10.0 Å². The summed E-state index contributed by atoms with van der Waals surface area (Å²) >= 11 is 13.4. The first-order chi connectivity index (χ1) is 9.43. The summed E-state index contributed by atoms with van der Waals surface area (Å²) in [5.74, 6) is -0.229. The van der Waals surface area contributed by atoms with Crippen molar-refractivity contribution in [3.05, 3.63) is 32.6 Å². The summed E-state index contributed by atoms with van der Waals surface area (Å²) in [4.78, 5) is 16.5. The molecule has 2 aromatic rings. The van der Waals surface area contributed by atoms with Crippen molar-refractivity contribution in [2.24, 2.45) is 0 Å². The quantitative estimate of drug-likeness (QED) is 0.802. The van der Waals surface area contributed by atoms with E-state index in [1.165, 1.54) is 0 Å². The Balaban J connectivity index is 2.32. The number of carbonyl (C=O) groups excluding carboxylic acids is 1. The number of nitrogens with one attached hydrogen (secondary N) is 2. The van der Waals surface area contributed by atoms with Crippen molar-refractivity contribution in [1.82, 2.24) is 4.98 Å². The van der Waals surface area contributed by atoms with Crippen molar-refractivity contribution in [1.29, 1.82) is 0 Å². The van der Waals surface area contributed by atoms with E-state index >= 15 is 0 Å². The van der Waals surface area contributed by atoms with E-state index in [0.717, 1.165) is 16.9 Å². The molecular formula is C12H12Cl2N4OS. The van der Waals surface area contributed by atoms with Gasteiger partial charge in [-0.25, -0.2) is 4.98 Å². The van der Waals surface area contributed by atoms with Gasteiger partial charge in [0.15, 0.2) is 5.13 Å². The molecule has 0 saturated heterocycles. The molecule has 0 spiro atoms. The fourth-order valence-electron chi connectivity index (χ4n) is 1.54. The highest BCUT2D eigenvalue weighted by Crippen LogP contribution is 2.34. The molecule has 1 aromatic carbocycles. The average molecular weight is 331 g/mol. The second kappa shape index (κ2) is 5.87. The first kappa shape index (κ1) is 14.9. The summed E-state index contributed by atoms with van der Waals surface area (Å²) in [6, 6.07) is 3.45. The maximum absolute atomic E-state index is 12.2. The van der Waals surface area contributed by atoms with Crippen molar-refractivity contribution < 1.29 is 4.79 Å². The normalized spacial score (nSPS) is 10.4. The lowest BCUT2D eigenvalue weighted by Gasteiger charge is -2.10. The van der Waals surface area contributed by atoms with Gasteiger partial charge in [-0.05, 0) is 18.6 Å². The molecule has 2 rings (SSSR count). The fourth-order valence-corrected chi connectivity index (χ4v) is 2.74. The van der Waals surface area contributed by atoms with Crippen molar-refractivity contribution in [2.75, 3.05) is 23.4 Å². The van der Waals surface area contributed by atoms with Crippen LogP contribution >= 0.6 is 34.5 Å². The molecular weight excluding hydrogens is 319 g/mol. The zero-order chi connectivity index (χ0) is 14.9. The summed E-state index contributed by atoms with van der Waals surface area (Å²) in [6.07, 6.45) is 0. The molecule has 0 aliphatic carbocycles. The monoisotopic (exact) mass is 330 g/mol. The molecule has 0 unspecified atom stereocenters. The van der Waals surface area contributed by atoms with Crippen LogP contribution in [0, 0.1) is 6.92 Å². The molecule has 1 aromatic heterocycles. The van der Waals surface area contributed by atoms with Crippen molar-refractivity contribution in [3.63, 3.8) is 0 Å². The largest absolute Gasteiger partial charge is 0.382 e. The fraction of sp³-hybridized carbons (Fsp3) is 0.167. The second-order valence-corrected chi connectivity index (χ2v) is 5.78. The Morgan fingerprint density at radius 2 is 2.10 bits per heavy atom. The third kappa shape index (κ3) is 2.82. The number of hydrogen-bond donors (Lipinski definition) is 3. The van der Waals surface area contributed by atoms with Crippen LogP contribution in [0.5, 0.6) is 0 Å². The molecule has 5 nitrogen and oxygen atoms in total. The number of hydrogen-bond acceptors (Lipinski definition) is 5. The van der Waals surface area contributed by atoms with Gasteiger partial charge in [-0.15, -0.1) is 0 Å². The van der Waals surface area contributed by atoms with Crippen LogP contribution in [0.4, 0.5) is 16.6 Å². The SMILES string of the molecule is CNc1nc(N)c(C(=O)Nc2c(Cl)ccc(C)c2Cl)s1. The second-order valence-electron chi connectivity index (χ2n) is 3.99. The van der Waals surface area contributed by atoms with E-state index in [4.69, 9.17) is 28.9 Å². The smallest absolute Gasteiger partial charge is 0.269 e. The number of halogens is 2. The van der Waals surface area contributed by atoms with Gasteiger partial charge >= 0.3 is 0 Å². The summed E-state index contributed by atoms with van der Waals surface area (Å²) in [5, 5.41) is 6.84. The van der Waals surface area contributed by atoms with Crippen LogP contribution in [0.15, 0.2) is 12.1 Å². The molecule has 0 saturated carbocycles. The summed E-state index contributed by atoms with van der Waals surface area (Å²) < 4.78 is 0. The van der Waals surface area contributed by atoms with Crippen LogP contribution in [-0.2, 0) is 0 Å². The zero-order valence-corrected chi connectivity index (χ0v) is 13.1. The van der Waals surface area contributed by atoms with E-state index < -0.39 is 5.91 Å². The summed E-state index contributed by atoms with van der Waals surface area (Å²) in [7, 11) is 1.70. The molecule has 4 N–H and O–H groups in total. The van der Waals surface area contributed by atoms with Gasteiger partial charge in [0, 0.05) is 7.05 Å². The lowest BCUT2D eigenvalue weighted by Crippen LogP contribution is -2.13. The highest BCUT2D eigenvalue weighted by Gasteiger charge is 2.18.